The third-order valence-corrected chi connectivity index (χ3v) is 4.95. The van der Waals surface area contributed by atoms with E-state index < -0.39 is 10.0 Å². The number of hydrogen-bond acceptors (Lipinski definition) is 4. The molecule has 3 aromatic rings. The van der Waals surface area contributed by atoms with Crippen molar-refractivity contribution in [1.29, 1.82) is 0 Å². The van der Waals surface area contributed by atoms with Gasteiger partial charge in [0.05, 0.1) is 12.5 Å². The zero-order valence-corrected chi connectivity index (χ0v) is 14.3. The van der Waals surface area contributed by atoms with Crippen LogP contribution in [0.1, 0.15) is 25.5 Å². The molecule has 0 unspecified atom stereocenters. The van der Waals surface area contributed by atoms with Gasteiger partial charge in [-0.05, 0) is 31.5 Å². The Balaban J connectivity index is 1.74. The van der Waals surface area contributed by atoms with Crippen LogP contribution >= 0.6 is 0 Å². The maximum Gasteiger partial charge on any atom is 0.243 e. The summed E-state index contributed by atoms with van der Waals surface area (Å²) in [5.41, 5.74) is 1.79. The van der Waals surface area contributed by atoms with Crippen LogP contribution in [0, 0.1) is 0 Å². The second-order valence-corrected chi connectivity index (χ2v) is 7.48. The van der Waals surface area contributed by atoms with Crippen LogP contribution in [0.15, 0.2) is 60.3 Å². The molecule has 0 aliphatic carbocycles. The van der Waals surface area contributed by atoms with E-state index in [1.54, 1.807) is 17.2 Å². The number of hydrogen-bond donors (Lipinski definition) is 1. The first kappa shape index (κ1) is 16.4. The SMILES string of the molecule is CC(C)n1cc(S(=O)(=O)NCc2cccc(-n3ccnc3)c2)cn1. The Hall–Kier alpha value is -2.45. The third kappa shape index (κ3) is 3.55. The third-order valence-electron chi connectivity index (χ3n) is 3.60. The van der Waals surface area contributed by atoms with Crippen molar-refractivity contribution in [3.8, 4) is 5.69 Å². The normalized spacial score (nSPS) is 12.0. The molecule has 0 saturated heterocycles. The summed E-state index contributed by atoms with van der Waals surface area (Å²) >= 11 is 0. The number of rotatable bonds is 6. The van der Waals surface area contributed by atoms with Crippen molar-refractivity contribution in [3.05, 3.63) is 60.9 Å². The minimum Gasteiger partial charge on any atom is -0.306 e. The Labute approximate surface area is 141 Å². The van der Waals surface area contributed by atoms with Gasteiger partial charge in [-0.15, -0.1) is 0 Å². The molecule has 0 bridgehead atoms. The predicted molar refractivity (Wildman–Crippen MR) is 90.2 cm³/mol. The van der Waals surface area contributed by atoms with Gasteiger partial charge in [-0.25, -0.2) is 18.1 Å². The Morgan fingerprint density at radius 1 is 1.29 bits per heavy atom. The second kappa shape index (κ2) is 6.58. The van der Waals surface area contributed by atoms with Crippen molar-refractivity contribution in [1.82, 2.24) is 24.1 Å². The first-order chi connectivity index (χ1) is 11.5. The van der Waals surface area contributed by atoms with Gasteiger partial charge in [-0.1, -0.05) is 12.1 Å². The van der Waals surface area contributed by atoms with Crippen molar-refractivity contribution in [3.63, 3.8) is 0 Å². The quantitative estimate of drug-likeness (QED) is 0.742. The maximum absolute atomic E-state index is 12.4. The fraction of sp³-hybridized carbons (Fsp3) is 0.250. The van der Waals surface area contributed by atoms with Gasteiger partial charge in [0.15, 0.2) is 0 Å². The molecular formula is C16H19N5O2S. The summed E-state index contributed by atoms with van der Waals surface area (Å²) in [7, 11) is -3.59. The fourth-order valence-corrected chi connectivity index (χ4v) is 3.20. The highest BCUT2D eigenvalue weighted by Gasteiger charge is 2.17. The molecule has 126 valence electrons. The molecule has 3 rings (SSSR count). The number of aromatic nitrogens is 4. The maximum atomic E-state index is 12.4. The Bertz CT molecular complexity index is 914. The highest BCUT2D eigenvalue weighted by atomic mass is 32.2. The molecule has 0 atom stereocenters. The van der Waals surface area contributed by atoms with Gasteiger partial charge in [0, 0.05) is 36.9 Å². The standard InChI is InChI=1S/C16H19N5O2S/c1-13(2)21-11-16(10-18-21)24(22,23)19-9-14-4-3-5-15(8-14)20-7-6-17-12-20/h3-8,10-13,19H,9H2,1-2H3. The summed E-state index contributed by atoms with van der Waals surface area (Å²) < 4.78 is 30.8. The topological polar surface area (TPSA) is 81.8 Å². The molecule has 2 aromatic heterocycles. The molecular weight excluding hydrogens is 326 g/mol. The van der Waals surface area contributed by atoms with Gasteiger partial charge in [-0.2, -0.15) is 5.10 Å². The number of nitrogens with zero attached hydrogens (tertiary/aromatic N) is 4. The van der Waals surface area contributed by atoms with E-state index in [1.807, 2.05) is 48.9 Å². The van der Waals surface area contributed by atoms with Crippen LogP contribution in [0.2, 0.25) is 0 Å². The van der Waals surface area contributed by atoms with Crippen LogP contribution in [0.3, 0.4) is 0 Å². The van der Waals surface area contributed by atoms with Crippen molar-refractivity contribution in [2.75, 3.05) is 0 Å². The van der Waals surface area contributed by atoms with Gasteiger partial charge < -0.3 is 4.57 Å². The highest BCUT2D eigenvalue weighted by Crippen LogP contribution is 2.13. The van der Waals surface area contributed by atoms with E-state index in [0.29, 0.717) is 0 Å². The number of benzene rings is 1. The minimum atomic E-state index is -3.59. The zero-order valence-electron chi connectivity index (χ0n) is 13.5. The van der Waals surface area contributed by atoms with E-state index in [4.69, 9.17) is 0 Å². The minimum absolute atomic E-state index is 0.112. The van der Waals surface area contributed by atoms with Crippen LogP contribution in [0.4, 0.5) is 0 Å². The summed E-state index contributed by atoms with van der Waals surface area (Å²) in [5.74, 6) is 0. The average Bonchev–Trinajstić information content (AvgIpc) is 3.25. The van der Waals surface area contributed by atoms with Crippen LogP contribution < -0.4 is 4.72 Å². The van der Waals surface area contributed by atoms with Crippen molar-refractivity contribution in [2.45, 2.75) is 31.3 Å². The van der Waals surface area contributed by atoms with Gasteiger partial charge in [-0.3, -0.25) is 4.68 Å². The van der Waals surface area contributed by atoms with Crippen LogP contribution in [0.5, 0.6) is 0 Å². The zero-order chi connectivity index (χ0) is 17.2. The molecule has 0 saturated carbocycles. The van der Waals surface area contributed by atoms with E-state index in [1.165, 1.54) is 12.4 Å². The summed E-state index contributed by atoms with van der Waals surface area (Å²) in [6, 6.07) is 7.73. The monoisotopic (exact) mass is 345 g/mol. The lowest BCUT2D eigenvalue weighted by molar-refractivity contribution is 0.531. The summed E-state index contributed by atoms with van der Waals surface area (Å²) in [4.78, 5) is 4.18. The number of sulfonamides is 1. The van der Waals surface area contributed by atoms with E-state index in [2.05, 4.69) is 14.8 Å². The van der Waals surface area contributed by atoms with Crippen LogP contribution in [-0.4, -0.2) is 27.7 Å². The Morgan fingerprint density at radius 3 is 2.79 bits per heavy atom. The summed E-state index contributed by atoms with van der Waals surface area (Å²) in [5, 5.41) is 4.07. The molecule has 0 amide bonds. The van der Waals surface area contributed by atoms with Gasteiger partial charge >= 0.3 is 0 Å². The fourth-order valence-electron chi connectivity index (χ4n) is 2.24. The highest BCUT2D eigenvalue weighted by molar-refractivity contribution is 7.89. The predicted octanol–water partition coefficient (Wildman–Crippen LogP) is 2.13. The Kier molecular flexibility index (Phi) is 4.50. The molecule has 0 aliphatic rings. The summed E-state index contributed by atoms with van der Waals surface area (Å²) in [6.07, 6.45) is 8.13. The lowest BCUT2D eigenvalue weighted by Gasteiger charge is -2.08. The molecule has 0 fully saturated rings. The van der Waals surface area contributed by atoms with Crippen LogP contribution in [-0.2, 0) is 16.6 Å². The van der Waals surface area contributed by atoms with E-state index in [-0.39, 0.29) is 17.5 Å². The molecule has 0 aliphatic heterocycles. The van der Waals surface area contributed by atoms with Crippen molar-refractivity contribution < 1.29 is 8.42 Å². The second-order valence-electron chi connectivity index (χ2n) is 5.71. The molecule has 1 N–H and O–H groups in total. The molecule has 1 aromatic carbocycles. The lowest BCUT2D eigenvalue weighted by Crippen LogP contribution is -2.23. The smallest absolute Gasteiger partial charge is 0.243 e. The first-order valence-corrected chi connectivity index (χ1v) is 9.05. The first-order valence-electron chi connectivity index (χ1n) is 7.57. The average molecular weight is 345 g/mol. The molecule has 24 heavy (non-hydrogen) atoms. The van der Waals surface area contributed by atoms with Gasteiger partial charge in [0.25, 0.3) is 0 Å². The van der Waals surface area contributed by atoms with E-state index in [9.17, 15) is 8.42 Å². The van der Waals surface area contributed by atoms with E-state index in [0.717, 1.165) is 11.3 Å². The largest absolute Gasteiger partial charge is 0.306 e. The van der Waals surface area contributed by atoms with Crippen molar-refractivity contribution in [2.24, 2.45) is 0 Å². The van der Waals surface area contributed by atoms with Gasteiger partial charge in [0.1, 0.15) is 4.90 Å². The molecule has 8 heteroatoms. The van der Waals surface area contributed by atoms with Crippen LogP contribution in [0.25, 0.3) is 5.69 Å². The molecule has 7 nitrogen and oxygen atoms in total. The van der Waals surface area contributed by atoms with Gasteiger partial charge in [0.2, 0.25) is 10.0 Å². The summed E-state index contributed by atoms with van der Waals surface area (Å²) in [6.45, 7) is 4.09. The molecule has 0 radical (unpaired) electrons. The Morgan fingerprint density at radius 2 is 2.12 bits per heavy atom. The molecule has 0 spiro atoms. The number of nitrogens with one attached hydrogen (secondary N) is 1. The van der Waals surface area contributed by atoms with Crippen molar-refractivity contribution >= 4 is 10.0 Å². The molecule has 2 heterocycles. The lowest BCUT2D eigenvalue weighted by atomic mass is 10.2. The number of imidazole rings is 1. The van der Waals surface area contributed by atoms with E-state index >= 15 is 0 Å².